The van der Waals surface area contributed by atoms with E-state index in [1.54, 1.807) is 0 Å². The molecule has 0 radical (unpaired) electrons. The highest BCUT2D eigenvalue weighted by Gasteiger charge is 2.50. The van der Waals surface area contributed by atoms with Gasteiger partial charge in [0.2, 0.25) is 18.3 Å². The van der Waals surface area contributed by atoms with Crippen molar-refractivity contribution in [2.24, 2.45) is 0 Å². The Balaban J connectivity index is 1.11. The van der Waals surface area contributed by atoms with Gasteiger partial charge in [0.05, 0.1) is 52.3 Å². The zero-order valence-corrected chi connectivity index (χ0v) is 37.2. The van der Waals surface area contributed by atoms with Crippen molar-refractivity contribution in [3.8, 4) is 46.0 Å². The molecule has 4 heterocycles. The second kappa shape index (κ2) is 21.5. The van der Waals surface area contributed by atoms with E-state index in [0.717, 1.165) is 12.1 Å². The molecule has 24 nitrogen and oxygen atoms in total. The number of ether oxygens (including phenoxy) is 11. The van der Waals surface area contributed by atoms with Gasteiger partial charge in [0.1, 0.15) is 78.1 Å². The van der Waals surface area contributed by atoms with E-state index < -0.39 is 123 Å². The molecule has 13 N–H and O–H groups in total. The van der Waals surface area contributed by atoms with Crippen molar-refractivity contribution in [3.05, 3.63) is 71.0 Å². The van der Waals surface area contributed by atoms with Crippen LogP contribution in [0.4, 0.5) is 0 Å². The fourth-order valence-electron chi connectivity index (χ4n) is 7.99. The number of hydrogen-bond acceptors (Lipinski definition) is 23. The molecule has 4 aliphatic heterocycles. The fourth-order valence-corrected chi connectivity index (χ4v) is 7.99. The standard InChI is InChI=1S/C45H54O24/c1-17-41(69-31(49)8-6-18-5-7-22(48)25(9-18)59-2)37(55)40(58)43(63-17)62-16-30-34(52)36(54)39(57)45(68-30)66-28-14-21-23(64-42(28)19-10-26(60-3)32(50)27(11-19)61-4)12-20(47)13-24(21)65-44-38(56)35(53)33(51)29(15-46)67-44/h5-14,17,29-30,33-48,50-58H,15-16H2,1-4H3/p+1. The number of carbonyl (C=O) groups is 1. The van der Waals surface area contributed by atoms with E-state index in [2.05, 4.69) is 0 Å². The number of fused-ring (bicyclic) bond motifs is 1. The van der Waals surface area contributed by atoms with Crippen molar-refractivity contribution in [1.29, 1.82) is 0 Å². The number of phenolic OH excluding ortho intramolecular Hbond substituents is 3. The van der Waals surface area contributed by atoms with Crippen LogP contribution in [0, 0.1) is 0 Å². The van der Waals surface area contributed by atoms with E-state index in [1.165, 1.54) is 76.8 Å². The van der Waals surface area contributed by atoms with Crippen molar-refractivity contribution in [1.82, 2.24) is 0 Å². The summed E-state index contributed by atoms with van der Waals surface area (Å²) in [4.78, 5) is 12.7. The Morgan fingerprint density at radius 1 is 0.681 bits per heavy atom. The number of aliphatic hydroxyl groups excluding tert-OH is 9. The summed E-state index contributed by atoms with van der Waals surface area (Å²) < 4.78 is 61.0. The van der Waals surface area contributed by atoms with E-state index in [1.807, 2.05) is 0 Å². The smallest absolute Gasteiger partial charge is 0.331 e. The number of rotatable bonds is 15. The Hall–Kier alpha value is -5.71. The van der Waals surface area contributed by atoms with Crippen molar-refractivity contribution in [3.63, 3.8) is 0 Å². The first kappa shape index (κ1) is 51.1. The summed E-state index contributed by atoms with van der Waals surface area (Å²) in [6.07, 6.45) is -22.7. The largest absolute Gasteiger partial charge is 0.571 e. The fraction of sp³-hybridized carbons (Fsp3) is 0.489. The Labute approximate surface area is 392 Å². The van der Waals surface area contributed by atoms with Crippen molar-refractivity contribution in [2.45, 2.75) is 105 Å². The van der Waals surface area contributed by atoms with Gasteiger partial charge < -0.3 is 113 Å². The second-order valence-electron chi connectivity index (χ2n) is 16.4. The predicted molar refractivity (Wildman–Crippen MR) is 230 cm³/mol. The van der Waals surface area contributed by atoms with Crippen LogP contribution in [0.1, 0.15) is 29.7 Å². The molecule has 16 atom stereocenters. The molecule has 3 fully saturated rings. The van der Waals surface area contributed by atoms with Gasteiger partial charge in [-0.15, -0.1) is 0 Å². The number of aliphatic hydroxyl groups is 10. The SMILES string of the molecule is COc1cc(C=CC(=O)OC2C(C)OC(OCC3OC(OC4=Cc5c(OC6OC(CO)C(O)C(O)C6O)cc(O)cc5[OH+]C4c4cc(OC)c(O)c(OC)c4)C(O)C(O)C3O)C(O)C2O)ccc1O. The number of methoxy groups -OCH3 is 3. The third-order valence-corrected chi connectivity index (χ3v) is 11.8. The van der Waals surface area contributed by atoms with E-state index >= 15 is 0 Å². The number of aromatic hydroxyl groups is 4. The maximum absolute atomic E-state index is 12.7. The molecule has 69 heavy (non-hydrogen) atoms. The van der Waals surface area contributed by atoms with Crippen LogP contribution in [0.3, 0.4) is 0 Å². The van der Waals surface area contributed by atoms with Gasteiger partial charge in [-0.1, -0.05) is 6.07 Å². The molecule has 24 heteroatoms. The predicted octanol–water partition coefficient (Wildman–Crippen LogP) is -1.72. The highest BCUT2D eigenvalue weighted by molar-refractivity contribution is 5.87. The molecule has 7 rings (SSSR count). The first-order valence-electron chi connectivity index (χ1n) is 21.3. The Morgan fingerprint density at radius 3 is 1.93 bits per heavy atom. The Bertz CT molecular complexity index is 2310. The first-order valence-corrected chi connectivity index (χ1v) is 21.3. The maximum Gasteiger partial charge on any atom is 0.331 e. The molecule has 0 amide bonds. The molecule has 378 valence electrons. The van der Waals surface area contributed by atoms with Crippen LogP contribution in [-0.2, 0) is 33.2 Å². The number of esters is 1. The van der Waals surface area contributed by atoms with Crippen LogP contribution in [0.2, 0.25) is 0 Å². The van der Waals surface area contributed by atoms with Gasteiger partial charge in [-0.2, -0.15) is 0 Å². The monoisotopic (exact) mass is 979 g/mol. The van der Waals surface area contributed by atoms with Crippen molar-refractivity contribution < 1.29 is 118 Å². The normalized spacial score (nSPS) is 33.4. The van der Waals surface area contributed by atoms with Crippen LogP contribution >= 0.6 is 0 Å². The lowest BCUT2D eigenvalue weighted by molar-refractivity contribution is -0.325. The number of benzene rings is 3. The lowest BCUT2D eigenvalue weighted by atomic mass is 9.97. The van der Waals surface area contributed by atoms with Crippen LogP contribution in [0.15, 0.2) is 54.3 Å². The lowest BCUT2D eigenvalue weighted by Gasteiger charge is -2.43. The summed E-state index contributed by atoms with van der Waals surface area (Å²) in [5.41, 5.74) is 0.761. The molecule has 3 aromatic rings. The molecule has 3 saturated heterocycles. The number of phenols is 3. The third-order valence-electron chi connectivity index (χ3n) is 11.8. The molecule has 0 saturated carbocycles. The van der Waals surface area contributed by atoms with E-state index in [0.29, 0.717) is 5.56 Å². The van der Waals surface area contributed by atoms with E-state index in [-0.39, 0.29) is 57.1 Å². The van der Waals surface area contributed by atoms with Crippen LogP contribution in [0.25, 0.3) is 12.2 Å². The minimum absolute atomic E-state index is 0.0378. The molecule has 0 spiro atoms. The van der Waals surface area contributed by atoms with Crippen molar-refractivity contribution >= 4 is 18.1 Å². The van der Waals surface area contributed by atoms with Crippen LogP contribution in [0.5, 0.6) is 46.0 Å². The minimum Gasteiger partial charge on any atom is -0.571 e. The second-order valence-corrected chi connectivity index (χ2v) is 16.4. The minimum atomic E-state index is -1.97. The summed E-state index contributed by atoms with van der Waals surface area (Å²) in [6.45, 7) is 0.0143. The third kappa shape index (κ3) is 10.7. The first-order chi connectivity index (χ1) is 32.9. The van der Waals surface area contributed by atoms with Gasteiger partial charge in [0.25, 0.3) is 11.9 Å². The molecule has 0 aromatic heterocycles. The van der Waals surface area contributed by atoms with Gasteiger partial charge >= 0.3 is 5.97 Å². The average Bonchev–Trinajstić information content (AvgIpc) is 3.33. The van der Waals surface area contributed by atoms with Gasteiger partial charge in [0.15, 0.2) is 41.2 Å². The molecule has 3 aromatic carbocycles. The summed E-state index contributed by atoms with van der Waals surface area (Å²) in [7, 11) is 3.92. The quantitative estimate of drug-likeness (QED) is 0.0458. The average molecular weight is 980 g/mol. The Morgan fingerprint density at radius 2 is 1.29 bits per heavy atom. The molecule has 16 unspecified atom stereocenters. The van der Waals surface area contributed by atoms with E-state index in [4.69, 9.17) is 52.1 Å². The highest BCUT2D eigenvalue weighted by atomic mass is 16.7. The summed E-state index contributed by atoms with van der Waals surface area (Å²) >= 11 is 0. The summed E-state index contributed by atoms with van der Waals surface area (Å²) in [5.74, 6) is -2.09. The van der Waals surface area contributed by atoms with Crippen LogP contribution < -0.4 is 18.9 Å². The zero-order chi connectivity index (χ0) is 50.0. The maximum atomic E-state index is 12.7. The molecule has 4 aliphatic rings. The zero-order valence-electron chi connectivity index (χ0n) is 37.2. The molecular formula is C45H55O24+. The molecule has 0 bridgehead atoms. The Kier molecular flexibility index (Phi) is 15.9. The van der Waals surface area contributed by atoms with Gasteiger partial charge in [-0.3, -0.25) is 0 Å². The van der Waals surface area contributed by atoms with Gasteiger partial charge in [-0.05, 0) is 42.8 Å². The lowest BCUT2D eigenvalue weighted by Crippen LogP contribution is -2.61. The van der Waals surface area contributed by atoms with Crippen LogP contribution in [-0.4, -0.2) is 199 Å². The molecule has 0 aliphatic carbocycles. The van der Waals surface area contributed by atoms with Gasteiger partial charge in [0, 0.05) is 18.2 Å². The van der Waals surface area contributed by atoms with Crippen molar-refractivity contribution in [2.75, 3.05) is 34.5 Å². The summed E-state index contributed by atoms with van der Waals surface area (Å²) in [5, 5.41) is 128. The number of carbonyl (C=O) groups excluding carboxylic acids is 1. The number of hydrogen-bond donors (Lipinski definition) is 12. The van der Waals surface area contributed by atoms with Gasteiger partial charge in [-0.25, -0.2) is 4.79 Å². The summed E-state index contributed by atoms with van der Waals surface area (Å²) in [6, 6.07) is 9.47. The highest BCUT2D eigenvalue weighted by Crippen LogP contribution is 2.49. The topological polar surface area (TPSA) is 365 Å². The van der Waals surface area contributed by atoms with E-state index in [9.17, 15) is 66.1 Å². The molecular weight excluding hydrogens is 924 g/mol.